The second-order valence-electron chi connectivity index (χ2n) is 13.0. The van der Waals surface area contributed by atoms with E-state index >= 15 is 0 Å². The van der Waals surface area contributed by atoms with Gasteiger partial charge in [-0.2, -0.15) is 0 Å². The van der Waals surface area contributed by atoms with Gasteiger partial charge in [0.1, 0.15) is 0 Å². The summed E-state index contributed by atoms with van der Waals surface area (Å²) in [6.45, 7) is 4.58. The first-order valence-corrected chi connectivity index (χ1v) is 18.2. The molecular formula is C47H37NS. The molecule has 1 aliphatic rings. The number of hydrogen-bond acceptors (Lipinski definition) is 2. The van der Waals surface area contributed by atoms with Gasteiger partial charge in [0.15, 0.2) is 0 Å². The lowest BCUT2D eigenvalue weighted by Gasteiger charge is -2.37. The van der Waals surface area contributed by atoms with E-state index < -0.39 is 5.41 Å². The summed E-state index contributed by atoms with van der Waals surface area (Å²) in [5.41, 5.74) is 13.9. The fraction of sp³-hybridized carbons (Fsp3) is 0.106. The van der Waals surface area contributed by atoms with Crippen molar-refractivity contribution in [3.8, 4) is 11.1 Å². The zero-order valence-corrected chi connectivity index (χ0v) is 28.7. The van der Waals surface area contributed by atoms with Crippen LogP contribution in [-0.4, -0.2) is 0 Å². The standard InChI is InChI=1S/C47H37NS/c1-3-32-17-8-12-23-39(32)47(40-24-13-9-18-33(40)4-2)41-25-14-10-22-37(41)46-42(47)26-16-27-43(46)48(34-19-6-5-7-20-34)35-29-30-45-38(31-35)36-21-11-15-28-44(36)49-45/h5-31H,3-4H2,1-2H3. The van der Waals surface area contributed by atoms with E-state index in [1.807, 2.05) is 11.3 Å². The van der Waals surface area contributed by atoms with E-state index in [0.29, 0.717) is 0 Å². The molecule has 0 N–H and O–H groups in total. The van der Waals surface area contributed by atoms with Crippen LogP contribution in [0.2, 0.25) is 0 Å². The summed E-state index contributed by atoms with van der Waals surface area (Å²) >= 11 is 1.87. The van der Waals surface area contributed by atoms with Crippen LogP contribution in [0.15, 0.2) is 164 Å². The Bertz CT molecular complexity index is 2440. The van der Waals surface area contributed by atoms with E-state index in [1.165, 1.54) is 70.4 Å². The number of fused-ring (bicyclic) bond motifs is 6. The van der Waals surface area contributed by atoms with E-state index in [2.05, 4.69) is 183 Å². The molecule has 1 heterocycles. The molecule has 0 fully saturated rings. The summed E-state index contributed by atoms with van der Waals surface area (Å²) in [7, 11) is 0. The van der Waals surface area contributed by atoms with Gasteiger partial charge >= 0.3 is 0 Å². The molecule has 49 heavy (non-hydrogen) atoms. The van der Waals surface area contributed by atoms with Crippen molar-refractivity contribution in [3.05, 3.63) is 197 Å². The highest BCUT2D eigenvalue weighted by Crippen LogP contribution is 2.60. The van der Waals surface area contributed by atoms with E-state index in [1.54, 1.807) is 0 Å². The lowest BCUT2D eigenvalue weighted by molar-refractivity contribution is 0.741. The minimum absolute atomic E-state index is 0.461. The van der Waals surface area contributed by atoms with Crippen molar-refractivity contribution in [1.82, 2.24) is 0 Å². The van der Waals surface area contributed by atoms with Gasteiger partial charge in [0.25, 0.3) is 0 Å². The van der Waals surface area contributed by atoms with Gasteiger partial charge in [0.05, 0.1) is 11.1 Å². The van der Waals surface area contributed by atoms with Crippen LogP contribution >= 0.6 is 11.3 Å². The number of nitrogens with zero attached hydrogens (tertiary/aromatic N) is 1. The molecule has 0 bridgehead atoms. The van der Waals surface area contributed by atoms with Crippen molar-refractivity contribution in [3.63, 3.8) is 0 Å². The molecule has 2 heteroatoms. The van der Waals surface area contributed by atoms with Crippen LogP contribution < -0.4 is 4.90 Å². The monoisotopic (exact) mass is 647 g/mol. The maximum Gasteiger partial charge on any atom is 0.0719 e. The Kier molecular flexibility index (Phi) is 7.21. The van der Waals surface area contributed by atoms with E-state index in [-0.39, 0.29) is 0 Å². The highest BCUT2D eigenvalue weighted by Gasteiger charge is 2.48. The maximum atomic E-state index is 2.48. The third-order valence-electron chi connectivity index (χ3n) is 10.5. The second kappa shape index (κ2) is 11.9. The Morgan fingerprint density at radius 1 is 0.469 bits per heavy atom. The fourth-order valence-electron chi connectivity index (χ4n) is 8.47. The first kappa shape index (κ1) is 29.7. The maximum absolute atomic E-state index is 2.48. The second-order valence-corrected chi connectivity index (χ2v) is 14.1. The molecule has 0 spiro atoms. The normalized spacial score (nSPS) is 13.0. The molecule has 236 valence electrons. The molecule has 0 unspecified atom stereocenters. The van der Waals surface area contributed by atoms with Crippen LogP contribution in [0.5, 0.6) is 0 Å². The number of hydrogen-bond donors (Lipinski definition) is 0. The highest BCUT2D eigenvalue weighted by atomic mass is 32.1. The molecule has 1 aromatic heterocycles. The van der Waals surface area contributed by atoms with Gasteiger partial charge in [0, 0.05) is 37.1 Å². The predicted molar refractivity (Wildman–Crippen MR) is 210 cm³/mol. The number of rotatable bonds is 7. The fourth-order valence-corrected chi connectivity index (χ4v) is 9.55. The summed E-state index contributed by atoms with van der Waals surface area (Å²) in [6.07, 6.45) is 1.93. The van der Waals surface area contributed by atoms with E-state index in [9.17, 15) is 0 Å². The van der Waals surface area contributed by atoms with Crippen LogP contribution in [0.3, 0.4) is 0 Å². The van der Waals surface area contributed by atoms with Crippen molar-refractivity contribution in [2.75, 3.05) is 4.90 Å². The number of para-hydroxylation sites is 1. The zero-order valence-electron chi connectivity index (χ0n) is 27.9. The molecule has 0 saturated heterocycles. The molecule has 9 rings (SSSR count). The smallest absolute Gasteiger partial charge is 0.0719 e. The number of benzene rings is 7. The molecule has 0 atom stereocenters. The predicted octanol–water partition coefficient (Wildman–Crippen LogP) is 13.0. The van der Waals surface area contributed by atoms with Gasteiger partial charge in [0.2, 0.25) is 0 Å². The minimum atomic E-state index is -0.461. The van der Waals surface area contributed by atoms with Gasteiger partial charge in [-0.15, -0.1) is 11.3 Å². The van der Waals surface area contributed by atoms with Gasteiger partial charge in [-0.05, 0) is 94.3 Å². The molecule has 8 aromatic rings. The average molecular weight is 648 g/mol. The zero-order chi connectivity index (χ0) is 33.0. The largest absolute Gasteiger partial charge is 0.310 e. The van der Waals surface area contributed by atoms with Crippen molar-refractivity contribution in [2.45, 2.75) is 32.1 Å². The van der Waals surface area contributed by atoms with Crippen molar-refractivity contribution in [1.29, 1.82) is 0 Å². The third kappa shape index (κ3) is 4.44. The number of aryl methyl sites for hydroxylation is 2. The minimum Gasteiger partial charge on any atom is -0.310 e. The lowest BCUT2D eigenvalue weighted by Crippen LogP contribution is -2.31. The van der Waals surface area contributed by atoms with Gasteiger partial charge in [-0.3, -0.25) is 0 Å². The number of thiophene rings is 1. The van der Waals surface area contributed by atoms with Gasteiger partial charge in [-0.1, -0.05) is 135 Å². The first-order valence-electron chi connectivity index (χ1n) is 17.4. The Labute approximate surface area is 292 Å². The van der Waals surface area contributed by atoms with E-state index in [0.717, 1.165) is 24.2 Å². The third-order valence-corrected chi connectivity index (χ3v) is 11.7. The van der Waals surface area contributed by atoms with Crippen LogP contribution in [0, 0.1) is 0 Å². The molecular weight excluding hydrogens is 611 g/mol. The highest BCUT2D eigenvalue weighted by molar-refractivity contribution is 7.25. The molecule has 0 aliphatic heterocycles. The van der Waals surface area contributed by atoms with E-state index in [4.69, 9.17) is 0 Å². The molecule has 1 nitrogen and oxygen atoms in total. The topological polar surface area (TPSA) is 3.24 Å². The van der Waals surface area contributed by atoms with Crippen molar-refractivity contribution >= 4 is 48.6 Å². The summed E-state index contributed by atoms with van der Waals surface area (Å²) in [6, 6.07) is 61.1. The Balaban J connectivity index is 1.40. The molecule has 7 aromatic carbocycles. The van der Waals surface area contributed by atoms with Crippen molar-refractivity contribution < 1.29 is 0 Å². The van der Waals surface area contributed by atoms with Crippen LogP contribution in [0.4, 0.5) is 17.1 Å². The molecule has 0 radical (unpaired) electrons. The molecule has 0 saturated carbocycles. The molecule has 1 aliphatic carbocycles. The summed E-state index contributed by atoms with van der Waals surface area (Å²) in [4.78, 5) is 2.48. The van der Waals surface area contributed by atoms with Crippen LogP contribution in [0.25, 0.3) is 31.3 Å². The van der Waals surface area contributed by atoms with Crippen LogP contribution in [0.1, 0.15) is 47.2 Å². The summed E-state index contributed by atoms with van der Waals surface area (Å²) in [5, 5.41) is 2.61. The summed E-state index contributed by atoms with van der Waals surface area (Å²) < 4.78 is 2.64. The molecule has 0 amide bonds. The Morgan fingerprint density at radius 3 is 1.80 bits per heavy atom. The lowest BCUT2D eigenvalue weighted by atomic mass is 9.65. The first-order chi connectivity index (χ1) is 24.2. The quantitative estimate of drug-likeness (QED) is 0.166. The van der Waals surface area contributed by atoms with Gasteiger partial charge in [-0.25, -0.2) is 0 Å². The Morgan fingerprint density at radius 2 is 1.06 bits per heavy atom. The number of anilines is 3. The van der Waals surface area contributed by atoms with Gasteiger partial charge < -0.3 is 4.90 Å². The van der Waals surface area contributed by atoms with Crippen molar-refractivity contribution in [2.24, 2.45) is 0 Å². The van der Waals surface area contributed by atoms with Crippen LogP contribution in [-0.2, 0) is 18.3 Å². The SMILES string of the molecule is CCc1ccccc1C1(c2ccccc2CC)c2ccccc2-c2c(N(c3ccccc3)c3ccc4sc5ccccc5c4c3)cccc21. The Hall–Kier alpha value is -5.44. The average Bonchev–Trinajstić information content (AvgIpc) is 3.69. The summed E-state index contributed by atoms with van der Waals surface area (Å²) in [5.74, 6) is 0.